The van der Waals surface area contributed by atoms with E-state index in [0.717, 1.165) is 12.2 Å². The fourth-order valence-corrected chi connectivity index (χ4v) is 1.73. The summed E-state index contributed by atoms with van der Waals surface area (Å²) < 4.78 is 0. The molecule has 84 valence electrons. The van der Waals surface area contributed by atoms with E-state index in [-0.39, 0.29) is 6.61 Å². The number of hydrogen-bond donors (Lipinski definition) is 2. The first-order valence-corrected chi connectivity index (χ1v) is 5.46. The lowest BCUT2D eigenvalue weighted by Crippen LogP contribution is -2.26. The maximum atomic E-state index is 8.90. The van der Waals surface area contributed by atoms with Crippen LogP contribution in [0.2, 0.25) is 10.0 Å². The molecule has 1 rings (SSSR count). The van der Waals surface area contributed by atoms with Gasteiger partial charge in [0.25, 0.3) is 0 Å². The minimum absolute atomic E-state index is 0.0769. The van der Waals surface area contributed by atoms with Crippen molar-refractivity contribution in [3.63, 3.8) is 0 Å². The SMILES string of the molecule is CCN(CCO)c1cc(Cl)c(Cl)cc1N. The Kier molecular flexibility index (Phi) is 4.51. The highest BCUT2D eigenvalue weighted by Crippen LogP contribution is 2.32. The summed E-state index contributed by atoms with van der Waals surface area (Å²) in [7, 11) is 0. The molecule has 0 amide bonds. The van der Waals surface area contributed by atoms with Crippen molar-refractivity contribution in [2.24, 2.45) is 0 Å². The Labute approximate surface area is 99.4 Å². The molecule has 0 aromatic heterocycles. The van der Waals surface area contributed by atoms with Crippen LogP contribution in [0.4, 0.5) is 11.4 Å². The van der Waals surface area contributed by atoms with E-state index in [9.17, 15) is 0 Å². The van der Waals surface area contributed by atoms with E-state index in [1.54, 1.807) is 12.1 Å². The Bertz CT molecular complexity index is 344. The van der Waals surface area contributed by atoms with E-state index in [0.29, 0.717) is 22.3 Å². The van der Waals surface area contributed by atoms with Gasteiger partial charge in [-0.3, -0.25) is 0 Å². The zero-order valence-electron chi connectivity index (χ0n) is 8.50. The van der Waals surface area contributed by atoms with Crippen molar-refractivity contribution >= 4 is 34.6 Å². The van der Waals surface area contributed by atoms with Crippen molar-refractivity contribution in [1.82, 2.24) is 0 Å². The summed E-state index contributed by atoms with van der Waals surface area (Å²) in [6, 6.07) is 3.34. The molecule has 0 heterocycles. The lowest BCUT2D eigenvalue weighted by atomic mass is 10.2. The standard InChI is InChI=1S/C10H14Cl2N2O/c1-2-14(3-4-15)10-6-8(12)7(11)5-9(10)13/h5-6,15H,2-4,13H2,1H3. The van der Waals surface area contributed by atoms with Gasteiger partial charge in [0.05, 0.1) is 28.0 Å². The van der Waals surface area contributed by atoms with Gasteiger partial charge < -0.3 is 15.7 Å². The fourth-order valence-electron chi connectivity index (χ4n) is 1.40. The molecule has 1 aromatic rings. The second kappa shape index (κ2) is 5.45. The Morgan fingerprint density at radius 2 is 1.93 bits per heavy atom. The Morgan fingerprint density at radius 3 is 2.47 bits per heavy atom. The monoisotopic (exact) mass is 248 g/mol. The number of anilines is 2. The first-order chi connectivity index (χ1) is 7.10. The minimum atomic E-state index is 0.0769. The minimum Gasteiger partial charge on any atom is -0.397 e. The largest absolute Gasteiger partial charge is 0.397 e. The topological polar surface area (TPSA) is 49.5 Å². The number of aliphatic hydroxyl groups excluding tert-OH is 1. The number of nitrogens with two attached hydrogens (primary N) is 1. The van der Waals surface area contributed by atoms with E-state index in [1.807, 2.05) is 11.8 Å². The molecular weight excluding hydrogens is 235 g/mol. The van der Waals surface area contributed by atoms with Crippen LogP contribution in [0.5, 0.6) is 0 Å². The lowest BCUT2D eigenvalue weighted by Gasteiger charge is -2.24. The number of halogens is 2. The molecule has 0 unspecified atom stereocenters. The summed E-state index contributed by atoms with van der Waals surface area (Å²) in [6.07, 6.45) is 0. The van der Waals surface area contributed by atoms with Gasteiger partial charge in [-0.05, 0) is 19.1 Å². The third-order valence-electron chi connectivity index (χ3n) is 2.16. The molecule has 5 heteroatoms. The molecule has 0 aliphatic rings. The quantitative estimate of drug-likeness (QED) is 0.805. The summed E-state index contributed by atoms with van der Waals surface area (Å²) >= 11 is 11.7. The van der Waals surface area contributed by atoms with Crippen LogP contribution < -0.4 is 10.6 Å². The van der Waals surface area contributed by atoms with E-state index in [2.05, 4.69) is 0 Å². The smallest absolute Gasteiger partial charge is 0.0616 e. The Hall–Kier alpha value is -0.640. The van der Waals surface area contributed by atoms with Crippen molar-refractivity contribution in [3.05, 3.63) is 22.2 Å². The summed E-state index contributed by atoms with van der Waals surface area (Å²) in [5.74, 6) is 0. The molecule has 0 radical (unpaired) electrons. The van der Waals surface area contributed by atoms with Gasteiger partial charge in [-0.25, -0.2) is 0 Å². The average molecular weight is 249 g/mol. The van der Waals surface area contributed by atoms with Crippen LogP contribution in [0.25, 0.3) is 0 Å². The first-order valence-electron chi connectivity index (χ1n) is 4.70. The molecule has 1 aromatic carbocycles. The van der Waals surface area contributed by atoms with E-state index >= 15 is 0 Å². The van der Waals surface area contributed by atoms with E-state index in [4.69, 9.17) is 34.0 Å². The fraction of sp³-hybridized carbons (Fsp3) is 0.400. The number of nitrogens with zero attached hydrogens (tertiary/aromatic N) is 1. The van der Waals surface area contributed by atoms with Gasteiger partial charge in [0.1, 0.15) is 0 Å². The molecule has 0 saturated carbocycles. The van der Waals surface area contributed by atoms with Crippen LogP contribution in [0.15, 0.2) is 12.1 Å². The van der Waals surface area contributed by atoms with Gasteiger partial charge in [0.2, 0.25) is 0 Å². The van der Waals surface area contributed by atoms with Crippen LogP contribution in [-0.2, 0) is 0 Å². The van der Waals surface area contributed by atoms with Gasteiger partial charge in [0.15, 0.2) is 0 Å². The van der Waals surface area contributed by atoms with Gasteiger partial charge in [-0.1, -0.05) is 23.2 Å². The van der Waals surface area contributed by atoms with Crippen molar-refractivity contribution in [1.29, 1.82) is 0 Å². The maximum Gasteiger partial charge on any atom is 0.0616 e. The van der Waals surface area contributed by atoms with E-state index < -0.39 is 0 Å². The highest BCUT2D eigenvalue weighted by molar-refractivity contribution is 6.42. The van der Waals surface area contributed by atoms with Crippen molar-refractivity contribution in [3.8, 4) is 0 Å². The molecular formula is C10H14Cl2N2O. The molecule has 3 nitrogen and oxygen atoms in total. The Morgan fingerprint density at radius 1 is 1.33 bits per heavy atom. The van der Waals surface area contributed by atoms with Gasteiger partial charge in [0, 0.05) is 13.1 Å². The summed E-state index contributed by atoms with van der Waals surface area (Å²) in [5, 5.41) is 9.81. The van der Waals surface area contributed by atoms with Crippen LogP contribution >= 0.6 is 23.2 Å². The lowest BCUT2D eigenvalue weighted by molar-refractivity contribution is 0.302. The molecule has 15 heavy (non-hydrogen) atoms. The van der Waals surface area contributed by atoms with Crippen LogP contribution in [0, 0.1) is 0 Å². The summed E-state index contributed by atoms with van der Waals surface area (Å²) in [4.78, 5) is 1.94. The third kappa shape index (κ3) is 2.91. The highest BCUT2D eigenvalue weighted by Gasteiger charge is 2.10. The number of likely N-dealkylation sites (N-methyl/N-ethyl adjacent to an activating group) is 1. The number of benzene rings is 1. The van der Waals surface area contributed by atoms with Gasteiger partial charge in [-0.15, -0.1) is 0 Å². The molecule has 0 saturated heterocycles. The second-order valence-corrected chi connectivity index (χ2v) is 3.94. The van der Waals surface area contributed by atoms with Gasteiger partial charge >= 0.3 is 0 Å². The maximum absolute atomic E-state index is 8.90. The zero-order chi connectivity index (χ0) is 11.4. The molecule has 0 bridgehead atoms. The summed E-state index contributed by atoms with van der Waals surface area (Å²) in [6.45, 7) is 3.34. The predicted octanol–water partition coefficient (Wildman–Crippen LogP) is 2.39. The van der Waals surface area contributed by atoms with Crippen LogP contribution in [-0.4, -0.2) is 24.8 Å². The molecule has 0 fully saturated rings. The highest BCUT2D eigenvalue weighted by atomic mass is 35.5. The number of hydrogen-bond acceptors (Lipinski definition) is 3. The average Bonchev–Trinajstić information content (AvgIpc) is 2.20. The third-order valence-corrected chi connectivity index (χ3v) is 2.88. The number of rotatable bonds is 4. The zero-order valence-corrected chi connectivity index (χ0v) is 10.0. The first kappa shape index (κ1) is 12.4. The molecule has 0 atom stereocenters. The van der Waals surface area contributed by atoms with Crippen molar-refractivity contribution in [2.45, 2.75) is 6.92 Å². The second-order valence-electron chi connectivity index (χ2n) is 3.13. The molecule has 0 aliphatic heterocycles. The number of aliphatic hydroxyl groups is 1. The normalized spacial score (nSPS) is 10.4. The van der Waals surface area contributed by atoms with Crippen LogP contribution in [0.3, 0.4) is 0 Å². The van der Waals surface area contributed by atoms with Gasteiger partial charge in [-0.2, -0.15) is 0 Å². The van der Waals surface area contributed by atoms with Crippen molar-refractivity contribution < 1.29 is 5.11 Å². The molecule has 3 N–H and O–H groups in total. The molecule has 0 aliphatic carbocycles. The van der Waals surface area contributed by atoms with Crippen molar-refractivity contribution in [2.75, 3.05) is 30.3 Å². The summed E-state index contributed by atoms with van der Waals surface area (Å²) in [5.41, 5.74) is 7.21. The van der Waals surface area contributed by atoms with E-state index in [1.165, 1.54) is 0 Å². The predicted molar refractivity (Wildman–Crippen MR) is 65.8 cm³/mol. The number of nitrogen functional groups attached to an aromatic ring is 1. The molecule has 0 spiro atoms. The van der Waals surface area contributed by atoms with Crippen LogP contribution in [0.1, 0.15) is 6.92 Å². The Balaban J connectivity index is 3.06.